The van der Waals surface area contributed by atoms with Gasteiger partial charge in [0.25, 0.3) is 0 Å². The van der Waals surface area contributed by atoms with Crippen molar-refractivity contribution in [3.8, 4) is 0 Å². The first-order chi connectivity index (χ1) is 6.56. The molecule has 4 nitrogen and oxygen atoms in total. The van der Waals surface area contributed by atoms with Crippen molar-refractivity contribution in [3.05, 3.63) is 0 Å². The highest BCUT2D eigenvalue weighted by molar-refractivity contribution is 4.66. The summed E-state index contributed by atoms with van der Waals surface area (Å²) in [5, 5.41) is 36.3. The molecule has 3 atom stereocenters. The molecular weight excluding hydrogens is 184 g/mol. The van der Waals surface area contributed by atoms with Gasteiger partial charge in [0.05, 0.1) is 18.3 Å². The third-order valence-corrected chi connectivity index (χ3v) is 2.10. The number of unbranched alkanes of at least 4 members (excludes halogenated alkanes) is 1. The molecule has 14 heavy (non-hydrogen) atoms. The summed E-state index contributed by atoms with van der Waals surface area (Å²) in [5.74, 6) is 0. The van der Waals surface area contributed by atoms with Gasteiger partial charge in [-0.2, -0.15) is 0 Å². The van der Waals surface area contributed by atoms with Crippen molar-refractivity contribution < 1.29 is 20.4 Å². The smallest absolute Gasteiger partial charge is 0.0589 e. The maximum absolute atomic E-state index is 9.44. The molecule has 4 heteroatoms. The Kier molecular flexibility index (Phi) is 8.08. The van der Waals surface area contributed by atoms with Crippen LogP contribution in [0.3, 0.4) is 0 Å². The van der Waals surface area contributed by atoms with E-state index >= 15 is 0 Å². The molecule has 0 heterocycles. The monoisotopic (exact) mass is 206 g/mol. The molecule has 0 aromatic heterocycles. The molecule has 0 rings (SSSR count). The van der Waals surface area contributed by atoms with Crippen LogP contribution in [-0.4, -0.2) is 45.3 Å². The van der Waals surface area contributed by atoms with Crippen molar-refractivity contribution >= 4 is 0 Å². The maximum atomic E-state index is 9.44. The molecule has 0 fully saturated rings. The second-order valence-corrected chi connectivity index (χ2v) is 3.85. The lowest BCUT2D eigenvalue weighted by Gasteiger charge is -2.16. The van der Waals surface area contributed by atoms with Crippen LogP contribution in [0.1, 0.15) is 39.0 Å². The van der Waals surface area contributed by atoms with Crippen LogP contribution in [-0.2, 0) is 0 Å². The Morgan fingerprint density at radius 2 is 1.57 bits per heavy atom. The van der Waals surface area contributed by atoms with Gasteiger partial charge in [0.15, 0.2) is 0 Å². The molecule has 0 radical (unpaired) electrons. The third kappa shape index (κ3) is 8.44. The first-order valence-corrected chi connectivity index (χ1v) is 5.21. The molecule has 0 saturated heterocycles. The van der Waals surface area contributed by atoms with Crippen LogP contribution in [0.15, 0.2) is 0 Å². The summed E-state index contributed by atoms with van der Waals surface area (Å²) < 4.78 is 0. The standard InChI is InChI=1S/C10H22O4/c1-8(12)6-10(14)7-9(13)4-2-3-5-11/h8-14H,2-7H2,1H3. The van der Waals surface area contributed by atoms with Crippen LogP contribution < -0.4 is 0 Å². The van der Waals surface area contributed by atoms with E-state index in [0.717, 1.165) is 6.42 Å². The van der Waals surface area contributed by atoms with Crippen molar-refractivity contribution in [2.75, 3.05) is 6.61 Å². The molecule has 0 saturated carbocycles. The fourth-order valence-electron chi connectivity index (χ4n) is 1.41. The average molecular weight is 206 g/mol. The van der Waals surface area contributed by atoms with E-state index in [1.54, 1.807) is 6.92 Å². The van der Waals surface area contributed by atoms with E-state index < -0.39 is 18.3 Å². The quantitative estimate of drug-likeness (QED) is 0.422. The molecule has 3 unspecified atom stereocenters. The molecule has 0 amide bonds. The SMILES string of the molecule is CC(O)CC(O)CC(O)CCCCO. The van der Waals surface area contributed by atoms with Crippen LogP contribution in [0.5, 0.6) is 0 Å². The lowest BCUT2D eigenvalue weighted by molar-refractivity contribution is 0.0411. The summed E-state index contributed by atoms with van der Waals surface area (Å²) in [6, 6.07) is 0. The third-order valence-electron chi connectivity index (χ3n) is 2.10. The Morgan fingerprint density at radius 1 is 0.929 bits per heavy atom. The number of rotatable bonds is 8. The normalized spacial score (nSPS) is 17.8. The van der Waals surface area contributed by atoms with Crippen LogP contribution in [0.25, 0.3) is 0 Å². The summed E-state index contributed by atoms with van der Waals surface area (Å²) >= 11 is 0. The van der Waals surface area contributed by atoms with Gasteiger partial charge in [0.2, 0.25) is 0 Å². The minimum atomic E-state index is -0.640. The summed E-state index contributed by atoms with van der Waals surface area (Å²) in [4.78, 5) is 0. The van der Waals surface area contributed by atoms with Crippen molar-refractivity contribution in [2.24, 2.45) is 0 Å². The van der Waals surface area contributed by atoms with Crippen molar-refractivity contribution in [3.63, 3.8) is 0 Å². The molecule has 0 aromatic rings. The van der Waals surface area contributed by atoms with E-state index in [9.17, 15) is 10.2 Å². The maximum Gasteiger partial charge on any atom is 0.0589 e. The second-order valence-electron chi connectivity index (χ2n) is 3.85. The fourth-order valence-corrected chi connectivity index (χ4v) is 1.41. The molecule has 0 spiro atoms. The molecule has 0 aliphatic carbocycles. The Labute approximate surface area is 85.2 Å². The van der Waals surface area contributed by atoms with E-state index in [-0.39, 0.29) is 6.61 Å². The van der Waals surface area contributed by atoms with Crippen molar-refractivity contribution in [2.45, 2.75) is 57.3 Å². The Hall–Kier alpha value is -0.160. The highest BCUT2D eigenvalue weighted by Gasteiger charge is 2.13. The molecule has 0 aliphatic heterocycles. The summed E-state index contributed by atoms with van der Waals surface area (Å²) in [6.07, 6.45) is 0.942. The van der Waals surface area contributed by atoms with Crippen LogP contribution >= 0.6 is 0 Å². The Bertz CT molecular complexity index is 127. The summed E-state index contributed by atoms with van der Waals surface area (Å²) in [6.45, 7) is 1.75. The molecule has 0 aliphatic rings. The van der Waals surface area contributed by atoms with Gasteiger partial charge in [-0.1, -0.05) is 0 Å². The molecule has 4 N–H and O–H groups in total. The number of aliphatic hydroxyl groups excluding tert-OH is 4. The zero-order valence-corrected chi connectivity index (χ0v) is 8.76. The average Bonchev–Trinajstić information content (AvgIpc) is 2.02. The molecule has 0 aromatic carbocycles. The lowest BCUT2D eigenvalue weighted by atomic mass is 10.0. The van der Waals surface area contributed by atoms with Gasteiger partial charge in [0.1, 0.15) is 0 Å². The molecule has 86 valence electrons. The topological polar surface area (TPSA) is 80.9 Å². The Morgan fingerprint density at radius 3 is 2.07 bits per heavy atom. The first-order valence-electron chi connectivity index (χ1n) is 5.21. The van der Waals surface area contributed by atoms with Gasteiger partial charge in [-0.25, -0.2) is 0 Å². The van der Waals surface area contributed by atoms with E-state index in [1.807, 2.05) is 0 Å². The lowest BCUT2D eigenvalue weighted by Crippen LogP contribution is -2.21. The fraction of sp³-hybridized carbons (Fsp3) is 1.00. The zero-order chi connectivity index (χ0) is 11.0. The minimum Gasteiger partial charge on any atom is -0.396 e. The van der Waals surface area contributed by atoms with E-state index in [2.05, 4.69) is 0 Å². The van der Waals surface area contributed by atoms with Gasteiger partial charge >= 0.3 is 0 Å². The summed E-state index contributed by atoms with van der Waals surface area (Å²) in [5.41, 5.74) is 0. The zero-order valence-electron chi connectivity index (χ0n) is 8.76. The van der Waals surface area contributed by atoms with E-state index in [4.69, 9.17) is 10.2 Å². The second kappa shape index (κ2) is 8.17. The van der Waals surface area contributed by atoms with Gasteiger partial charge in [-0.15, -0.1) is 0 Å². The molecular formula is C10H22O4. The van der Waals surface area contributed by atoms with Crippen LogP contribution in [0, 0.1) is 0 Å². The van der Waals surface area contributed by atoms with Crippen LogP contribution in [0.2, 0.25) is 0 Å². The van der Waals surface area contributed by atoms with Gasteiger partial charge in [0, 0.05) is 6.61 Å². The van der Waals surface area contributed by atoms with Crippen molar-refractivity contribution in [1.29, 1.82) is 0 Å². The predicted molar refractivity (Wildman–Crippen MR) is 53.9 cm³/mol. The van der Waals surface area contributed by atoms with Crippen LogP contribution in [0.4, 0.5) is 0 Å². The first kappa shape index (κ1) is 13.8. The van der Waals surface area contributed by atoms with Gasteiger partial charge < -0.3 is 20.4 Å². The van der Waals surface area contributed by atoms with E-state index in [1.165, 1.54) is 0 Å². The van der Waals surface area contributed by atoms with E-state index in [0.29, 0.717) is 25.7 Å². The largest absolute Gasteiger partial charge is 0.396 e. The highest BCUT2D eigenvalue weighted by atomic mass is 16.3. The van der Waals surface area contributed by atoms with Crippen molar-refractivity contribution in [1.82, 2.24) is 0 Å². The number of hydrogen-bond acceptors (Lipinski definition) is 4. The summed E-state index contributed by atoms with van der Waals surface area (Å²) in [7, 11) is 0. The van der Waals surface area contributed by atoms with Gasteiger partial charge in [-0.05, 0) is 39.0 Å². The minimum absolute atomic E-state index is 0.142. The number of hydrogen-bond donors (Lipinski definition) is 4. The Balaban J connectivity index is 3.44. The highest BCUT2D eigenvalue weighted by Crippen LogP contribution is 2.10. The molecule has 0 bridgehead atoms. The predicted octanol–water partition coefficient (Wildman–Crippen LogP) is 0.0318. The van der Waals surface area contributed by atoms with Gasteiger partial charge in [-0.3, -0.25) is 0 Å². The number of aliphatic hydroxyl groups is 4.